The van der Waals surface area contributed by atoms with Crippen LogP contribution < -0.4 is 5.32 Å². The van der Waals surface area contributed by atoms with Gasteiger partial charge in [0.2, 0.25) is 5.91 Å². The maximum Gasteiger partial charge on any atom is 0.255 e. The molecular formula is C25H25N3O3S. The molecule has 0 bridgehead atoms. The number of carbonyl (C=O) groups is 2. The monoisotopic (exact) mass is 447 g/mol. The standard InChI is InChI=1S/C25H25N3O3S/c29-23(15-17-8-10-19(11-9-17)18-5-2-1-3-6-18)28-13-12-20-22(16-28)32-25(26-20)27-24(30)21-7-4-14-31-21/h1-3,5-6,8-11,21H,4,7,12-16H2,(H,26,27,30). The first-order chi connectivity index (χ1) is 15.7. The van der Waals surface area contributed by atoms with Crippen molar-refractivity contribution in [2.45, 2.75) is 38.3 Å². The van der Waals surface area contributed by atoms with E-state index in [4.69, 9.17) is 4.74 Å². The molecular weight excluding hydrogens is 422 g/mol. The van der Waals surface area contributed by atoms with Gasteiger partial charge in [-0.3, -0.25) is 14.9 Å². The van der Waals surface area contributed by atoms with E-state index in [1.165, 1.54) is 16.9 Å². The Kier molecular flexibility index (Phi) is 6.01. The van der Waals surface area contributed by atoms with Gasteiger partial charge in [0.15, 0.2) is 5.13 Å². The van der Waals surface area contributed by atoms with E-state index in [1.54, 1.807) is 0 Å². The van der Waals surface area contributed by atoms with Crippen LogP contribution in [0.15, 0.2) is 54.6 Å². The normalized spacial score (nSPS) is 17.8. The van der Waals surface area contributed by atoms with Crippen LogP contribution in [-0.2, 0) is 33.7 Å². The van der Waals surface area contributed by atoms with Gasteiger partial charge >= 0.3 is 0 Å². The van der Waals surface area contributed by atoms with E-state index in [1.807, 2.05) is 35.2 Å². The lowest BCUT2D eigenvalue weighted by atomic mass is 10.0. The summed E-state index contributed by atoms with van der Waals surface area (Å²) in [7, 11) is 0. The molecule has 0 spiro atoms. The molecule has 1 N–H and O–H groups in total. The number of hydrogen-bond acceptors (Lipinski definition) is 5. The van der Waals surface area contributed by atoms with Crippen molar-refractivity contribution < 1.29 is 14.3 Å². The van der Waals surface area contributed by atoms with Gasteiger partial charge in [-0.15, -0.1) is 0 Å². The fourth-order valence-corrected chi connectivity index (χ4v) is 5.19. The summed E-state index contributed by atoms with van der Waals surface area (Å²) in [5.41, 5.74) is 4.30. The maximum atomic E-state index is 12.9. The second-order valence-corrected chi connectivity index (χ2v) is 9.27. The molecule has 1 saturated heterocycles. The number of hydrogen-bond donors (Lipinski definition) is 1. The Labute approximate surface area is 191 Å². The van der Waals surface area contributed by atoms with Gasteiger partial charge in [0, 0.05) is 24.4 Å². The first-order valence-electron chi connectivity index (χ1n) is 11.0. The number of ether oxygens (including phenoxy) is 1. The lowest BCUT2D eigenvalue weighted by Crippen LogP contribution is -2.36. The van der Waals surface area contributed by atoms with Crippen molar-refractivity contribution in [2.75, 3.05) is 18.5 Å². The number of aromatic nitrogens is 1. The SMILES string of the molecule is O=C(Nc1nc2c(s1)CN(C(=O)Cc1ccc(-c3ccccc3)cc1)CC2)C1CCCO1. The molecule has 5 rings (SSSR count). The number of amides is 2. The van der Waals surface area contributed by atoms with E-state index < -0.39 is 0 Å². The first kappa shape index (κ1) is 20.8. The van der Waals surface area contributed by atoms with Gasteiger partial charge in [0.1, 0.15) is 6.10 Å². The summed E-state index contributed by atoms with van der Waals surface area (Å²) in [4.78, 5) is 32.7. The first-order valence-corrected chi connectivity index (χ1v) is 11.8. The summed E-state index contributed by atoms with van der Waals surface area (Å²) in [6, 6.07) is 18.4. The number of thiazole rings is 1. The molecule has 2 aliphatic rings. The van der Waals surface area contributed by atoms with Crippen molar-refractivity contribution in [3.05, 3.63) is 70.7 Å². The molecule has 0 radical (unpaired) electrons. The number of carbonyl (C=O) groups excluding carboxylic acids is 2. The molecule has 2 amide bonds. The van der Waals surface area contributed by atoms with Crippen molar-refractivity contribution in [2.24, 2.45) is 0 Å². The zero-order valence-electron chi connectivity index (χ0n) is 17.8. The second kappa shape index (κ2) is 9.22. The molecule has 0 aliphatic carbocycles. The Morgan fingerprint density at radius 1 is 1.09 bits per heavy atom. The van der Waals surface area contributed by atoms with Crippen LogP contribution in [0.2, 0.25) is 0 Å². The molecule has 3 heterocycles. The largest absolute Gasteiger partial charge is 0.368 e. The summed E-state index contributed by atoms with van der Waals surface area (Å²) in [5.74, 6) is -0.0121. The van der Waals surface area contributed by atoms with Crippen LogP contribution in [0.25, 0.3) is 11.1 Å². The van der Waals surface area contributed by atoms with Crippen LogP contribution >= 0.6 is 11.3 Å². The number of nitrogens with zero attached hydrogens (tertiary/aromatic N) is 2. The molecule has 1 aromatic heterocycles. The minimum absolute atomic E-state index is 0.112. The quantitative estimate of drug-likeness (QED) is 0.640. The van der Waals surface area contributed by atoms with Gasteiger partial charge in [-0.05, 0) is 29.5 Å². The van der Waals surface area contributed by atoms with Gasteiger partial charge in [-0.25, -0.2) is 4.98 Å². The Morgan fingerprint density at radius 2 is 1.88 bits per heavy atom. The van der Waals surface area contributed by atoms with Crippen molar-refractivity contribution in [1.29, 1.82) is 0 Å². The van der Waals surface area contributed by atoms with E-state index in [9.17, 15) is 9.59 Å². The predicted molar refractivity (Wildman–Crippen MR) is 124 cm³/mol. The summed E-state index contributed by atoms with van der Waals surface area (Å²) in [6.45, 7) is 1.83. The molecule has 0 saturated carbocycles. The van der Waals surface area contributed by atoms with Gasteiger partial charge < -0.3 is 9.64 Å². The maximum absolute atomic E-state index is 12.9. The average molecular weight is 448 g/mol. The van der Waals surface area contributed by atoms with E-state index in [2.05, 4.69) is 34.6 Å². The van der Waals surface area contributed by atoms with E-state index in [-0.39, 0.29) is 17.9 Å². The number of nitrogens with one attached hydrogen (secondary N) is 1. The highest BCUT2D eigenvalue weighted by Gasteiger charge is 2.27. The van der Waals surface area contributed by atoms with Crippen LogP contribution in [0.1, 0.15) is 29.0 Å². The van der Waals surface area contributed by atoms with Crippen LogP contribution in [0.5, 0.6) is 0 Å². The molecule has 6 nitrogen and oxygen atoms in total. The zero-order valence-corrected chi connectivity index (χ0v) is 18.6. The molecule has 7 heteroatoms. The molecule has 1 unspecified atom stereocenters. The highest BCUT2D eigenvalue weighted by Crippen LogP contribution is 2.29. The molecule has 2 aliphatic heterocycles. The van der Waals surface area contributed by atoms with Crippen molar-refractivity contribution in [1.82, 2.24) is 9.88 Å². The van der Waals surface area contributed by atoms with Crippen molar-refractivity contribution in [3.8, 4) is 11.1 Å². The molecule has 1 atom stereocenters. The van der Waals surface area contributed by atoms with Crippen LogP contribution in [0, 0.1) is 0 Å². The minimum Gasteiger partial charge on any atom is -0.368 e. The summed E-state index contributed by atoms with van der Waals surface area (Å²) in [6.07, 6.45) is 2.39. The highest BCUT2D eigenvalue weighted by atomic mass is 32.1. The molecule has 3 aromatic rings. The van der Waals surface area contributed by atoms with Gasteiger partial charge in [-0.2, -0.15) is 0 Å². The fraction of sp³-hybridized carbons (Fsp3) is 0.320. The lowest BCUT2D eigenvalue weighted by Gasteiger charge is -2.26. The summed E-state index contributed by atoms with van der Waals surface area (Å²) in [5, 5.41) is 3.48. The Hall–Kier alpha value is -3.03. The van der Waals surface area contributed by atoms with E-state index >= 15 is 0 Å². The molecule has 164 valence electrons. The van der Waals surface area contributed by atoms with Crippen LogP contribution in [0.3, 0.4) is 0 Å². The number of rotatable bonds is 5. The molecule has 32 heavy (non-hydrogen) atoms. The van der Waals surface area contributed by atoms with Crippen LogP contribution in [-0.4, -0.2) is 41.0 Å². The number of benzene rings is 2. The number of fused-ring (bicyclic) bond motifs is 1. The predicted octanol–water partition coefficient (Wildman–Crippen LogP) is 4.06. The third kappa shape index (κ3) is 4.59. The number of anilines is 1. The average Bonchev–Trinajstić information content (AvgIpc) is 3.49. The lowest BCUT2D eigenvalue weighted by molar-refractivity contribution is -0.131. The zero-order chi connectivity index (χ0) is 21.9. The highest BCUT2D eigenvalue weighted by molar-refractivity contribution is 7.15. The van der Waals surface area contributed by atoms with Crippen molar-refractivity contribution in [3.63, 3.8) is 0 Å². The molecule has 2 aromatic carbocycles. The van der Waals surface area contributed by atoms with Crippen LogP contribution in [0.4, 0.5) is 5.13 Å². The summed E-state index contributed by atoms with van der Waals surface area (Å²) < 4.78 is 5.44. The summed E-state index contributed by atoms with van der Waals surface area (Å²) >= 11 is 1.46. The molecule has 1 fully saturated rings. The third-order valence-electron chi connectivity index (χ3n) is 5.95. The second-order valence-electron chi connectivity index (χ2n) is 8.18. The van der Waals surface area contributed by atoms with Gasteiger partial charge in [0.25, 0.3) is 5.91 Å². The topological polar surface area (TPSA) is 71.5 Å². The van der Waals surface area contributed by atoms with Gasteiger partial charge in [0.05, 0.1) is 18.7 Å². The Morgan fingerprint density at radius 3 is 2.62 bits per heavy atom. The minimum atomic E-state index is -0.373. The fourth-order valence-electron chi connectivity index (χ4n) is 4.16. The van der Waals surface area contributed by atoms with E-state index in [0.29, 0.717) is 37.7 Å². The van der Waals surface area contributed by atoms with Gasteiger partial charge in [-0.1, -0.05) is 65.9 Å². The Bertz CT molecular complexity index is 1110. The Balaban J connectivity index is 1.19. The third-order valence-corrected chi connectivity index (χ3v) is 6.95. The van der Waals surface area contributed by atoms with Crippen molar-refractivity contribution >= 4 is 28.3 Å². The smallest absolute Gasteiger partial charge is 0.255 e. The van der Waals surface area contributed by atoms with E-state index in [0.717, 1.165) is 34.5 Å².